The Morgan fingerprint density at radius 2 is 2.08 bits per heavy atom. The Labute approximate surface area is 150 Å². The quantitative estimate of drug-likeness (QED) is 0.770. The van der Waals surface area contributed by atoms with E-state index in [2.05, 4.69) is 0 Å². The van der Waals surface area contributed by atoms with Gasteiger partial charge in [0.25, 0.3) is 0 Å². The van der Waals surface area contributed by atoms with E-state index in [9.17, 15) is 14.7 Å². The molecule has 2 rings (SSSR count). The number of carboxylic acid groups (broad SMARTS) is 1. The van der Waals surface area contributed by atoms with Crippen molar-refractivity contribution in [1.29, 1.82) is 0 Å². The molecule has 1 aliphatic rings. The molecule has 0 spiro atoms. The summed E-state index contributed by atoms with van der Waals surface area (Å²) in [7, 11) is 1.62. The average Bonchev–Trinajstić information content (AvgIpc) is 2.58. The van der Waals surface area contributed by atoms with Gasteiger partial charge in [-0.15, -0.1) is 0 Å². The van der Waals surface area contributed by atoms with Crippen molar-refractivity contribution in [3.05, 3.63) is 34.9 Å². The fraction of sp³-hybridized carbons (Fsp3) is 0.600. The molecule has 0 aliphatic carbocycles. The van der Waals surface area contributed by atoms with Crippen LogP contribution in [-0.2, 0) is 20.7 Å². The first-order chi connectivity index (χ1) is 11.9. The molecule has 1 aromatic rings. The Morgan fingerprint density at radius 1 is 1.32 bits per heavy atom. The lowest BCUT2D eigenvalue weighted by atomic mass is 9.76. The number of likely N-dealkylation sites (tertiary alicyclic amines) is 1. The third-order valence-electron chi connectivity index (χ3n) is 5.23. The van der Waals surface area contributed by atoms with Gasteiger partial charge in [-0.1, -0.05) is 23.8 Å². The molecule has 0 radical (unpaired) electrons. The fourth-order valence-electron chi connectivity index (χ4n) is 3.65. The highest BCUT2D eigenvalue weighted by molar-refractivity contribution is 5.81. The second kappa shape index (κ2) is 8.48. The fourth-order valence-corrected chi connectivity index (χ4v) is 3.65. The maximum atomic E-state index is 12.8. The zero-order valence-electron chi connectivity index (χ0n) is 15.5. The van der Waals surface area contributed by atoms with Crippen molar-refractivity contribution in [3.63, 3.8) is 0 Å². The van der Waals surface area contributed by atoms with Crippen molar-refractivity contribution in [2.45, 2.75) is 46.0 Å². The average molecular weight is 347 g/mol. The van der Waals surface area contributed by atoms with Gasteiger partial charge in [0.2, 0.25) is 5.91 Å². The van der Waals surface area contributed by atoms with Crippen molar-refractivity contribution in [1.82, 2.24) is 4.90 Å². The van der Waals surface area contributed by atoms with Crippen LogP contribution in [0.2, 0.25) is 0 Å². The second-order valence-electron chi connectivity index (χ2n) is 7.21. The zero-order chi connectivity index (χ0) is 18.4. The van der Waals surface area contributed by atoms with E-state index in [4.69, 9.17) is 4.74 Å². The zero-order valence-corrected chi connectivity index (χ0v) is 15.5. The number of methoxy groups -OCH3 is 1. The van der Waals surface area contributed by atoms with Gasteiger partial charge in [0.15, 0.2) is 0 Å². The summed E-state index contributed by atoms with van der Waals surface area (Å²) < 4.78 is 5.06. The molecule has 1 amide bonds. The van der Waals surface area contributed by atoms with E-state index in [1.807, 2.05) is 32.0 Å². The van der Waals surface area contributed by atoms with Crippen LogP contribution < -0.4 is 0 Å². The van der Waals surface area contributed by atoms with Crippen molar-refractivity contribution in [2.75, 3.05) is 26.8 Å². The number of nitrogens with zero attached hydrogens (tertiary/aromatic N) is 1. The summed E-state index contributed by atoms with van der Waals surface area (Å²) in [4.78, 5) is 26.4. The van der Waals surface area contributed by atoms with Crippen LogP contribution in [0.15, 0.2) is 18.2 Å². The minimum atomic E-state index is -0.839. The number of benzene rings is 1. The molecule has 0 saturated carbocycles. The summed E-state index contributed by atoms with van der Waals surface area (Å²) in [5, 5.41) is 9.78. The third kappa shape index (κ3) is 4.82. The van der Waals surface area contributed by atoms with Gasteiger partial charge in [-0.2, -0.15) is 0 Å². The van der Waals surface area contributed by atoms with Crippen LogP contribution in [0.3, 0.4) is 0 Å². The lowest BCUT2D eigenvalue weighted by Gasteiger charge is -2.40. The van der Waals surface area contributed by atoms with Crippen molar-refractivity contribution < 1.29 is 19.4 Å². The lowest BCUT2D eigenvalue weighted by Crippen LogP contribution is -2.50. The summed E-state index contributed by atoms with van der Waals surface area (Å²) in [5.74, 6) is -0.779. The predicted molar refractivity (Wildman–Crippen MR) is 96.6 cm³/mol. The van der Waals surface area contributed by atoms with Gasteiger partial charge in [0.05, 0.1) is 11.8 Å². The Balaban J connectivity index is 2.09. The molecule has 25 heavy (non-hydrogen) atoms. The summed E-state index contributed by atoms with van der Waals surface area (Å²) >= 11 is 0. The number of hydrogen-bond acceptors (Lipinski definition) is 3. The second-order valence-corrected chi connectivity index (χ2v) is 7.21. The molecular formula is C20H29NO4. The highest BCUT2D eigenvalue weighted by atomic mass is 16.5. The topological polar surface area (TPSA) is 66.8 Å². The van der Waals surface area contributed by atoms with Gasteiger partial charge < -0.3 is 14.7 Å². The number of aliphatic carboxylic acids is 1. The van der Waals surface area contributed by atoms with Crippen molar-refractivity contribution in [3.8, 4) is 0 Å². The van der Waals surface area contributed by atoms with Crippen LogP contribution in [0.1, 0.15) is 42.4 Å². The molecule has 0 bridgehead atoms. The number of piperidine rings is 1. The van der Waals surface area contributed by atoms with Crippen LogP contribution in [-0.4, -0.2) is 48.7 Å². The first-order valence-corrected chi connectivity index (χ1v) is 8.94. The van der Waals surface area contributed by atoms with E-state index in [1.54, 1.807) is 12.0 Å². The molecular weight excluding hydrogens is 318 g/mol. The summed E-state index contributed by atoms with van der Waals surface area (Å²) in [6.45, 7) is 5.51. The predicted octanol–water partition coefficient (Wildman–Crippen LogP) is 2.97. The van der Waals surface area contributed by atoms with Gasteiger partial charge in [-0.25, -0.2) is 0 Å². The number of hydrogen-bond donors (Lipinski definition) is 1. The molecule has 5 heteroatoms. The maximum absolute atomic E-state index is 12.8. The largest absolute Gasteiger partial charge is 0.481 e. The van der Waals surface area contributed by atoms with Crippen molar-refractivity contribution in [2.24, 2.45) is 5.41 Å². The molecule has 0 unspecified atom stereocenters. The minimum Gasteiger partial charge on any atom is -0.481 e. The standard InChI is InChI=1S/C20H29NO4/c1-15-6-7-16(2)17(12-15)13-18(22)21-10-4-8-20(14-21,19(23)24)9-5-11-25-3/h6-7,12H,4-5,8-11,13-14H2,1-3H3,(H,23,24)/t20-/m1/s1. The van der Waals surface area contributed by atoms with Gasteiger partial charge in [0, 0.05) is 26.8 Å². The smallest absolute Gasteiger partial charge is 0.311 e. The number of carbonyl (C=O) groups is 2. The number of carboxylic acids is 1. The van der Waals surface area contributed by atoms with Crippen LogP contribution >= 0.6 is 0 Å². The van der Waals surface area contributed by atoms with E-state index in [0.717, 1.165) is 23.1 Å². The highest BCUT2D eigenvalue weighted by Gasteiger charge is 2.43. The minimum absolute atomic E-state index is 0.0192. The Morgan fingerprint density at radius 3 is 2.76 bits per heavy atom. The number of rotatable bonds is 7. The molecule has 1 heterocycles. The van der Waals surface area contributed by atoms with Gasteiger partial charge in [0.1, 0.15) is 0 Å². The molecule has 138 valence electrons. The lowest BCUT2D eigenvalue weighted by molar-refractivity contribution is -0.155. The number of ether oxygens (including phenoxy) is 1. The first kappa shape index (κ1) is 19.4. The number of carbonyl (C=O) groups excluding carboxylic acids is 1. The third-order valence-corrected chi connectivity index (χ3v) is 5.23. The molecule has 1 fully saturated rings. The van der Waals surface area contributed by atoms with Crippen LogP contribution in [0.25, 0.3) is 0 Å². The normalized spacial score (nSPS) is 20.5. The number of amides is 1. The molecule has 1 atom stereocenters. The van der Waals surface area contributed by atoms with E-state index in [1.165, 1.54) is 0 Å². The highest BCUT2D eigenvalue weighted by Crippen LogP contribution is 2.35. The molecule has 1 saturated heterocycles. The van der Waals surface area contributed by atoms with E-state index >= 15 is 0 Å². The van der Waals surface area contributed by atoms with Crippen LogP contribution in [0.4, 0.5) is 0 Å². The van der Waals surface area contributed by atoms with Gasteiger partial charge >= 0.3 is 5.97 Å². The summed E-state index contributed by atoms with van der Waals surface area (Å²) in [5.41, 5.74) is 2.41. The Hall–Kier alpha value is -1.88. The van der Waals surface area contributed by atoms with E-state index in [-0.39, 0.29) is 5.91 Å². The van der Waals surface area contributed by atoms with Crippen molar-refractivity contribution >= 4 is 11.9 Å². The maximum Gasteiger partial charge on any atom is 0.311 e. The van der Waals surface area contributed by atoms with Crippen LogP contribution in [0, 0.1) is 19.3 Å². The van der Waals surface area contributed by atoms with E-state index < -0.39 is 11.4 Å². The molecule has 0 aromatic heterocycles. The van der Waals surface area contributed by atoms with Gasteiger partial charge in [-0.05, 0) is 50.7 Å². The summed E-state index contributed by atoms with van der Waals surface area (Å²) in [6.07, 6.45) is 2.93. The number of aryl methyl sites for hydroxylation is 2. The van der Waals surface area contributed by atoms with Crippen LogP contribution in [0.5, 0.6) is 0 Å². The molecule has 1 aromatic carbocycles. The van der Waals surface area contributed by atoms with E-state index in [0.29, 0.717) is 45.4 Å². The monoisotopic (exact) mass is 347 g/mol. The first-order valence-electron chi connectivity index (χ1n) is 8.94. The SMILES string of the molecule is COCCC[C@]1(C(=O)O)CCCN(C(=O)Cc2cc(C)ccc2C)C1. The molecule has 1 aliphatic heterocycles. The van der Waals surface area contributed by atoms with Gasteiger partial charge in [-0.3, -0.25) is 9.59 Å². The molecule has 5 nitrogen and oxygen atoms in total. The molecule has 1 N–H and O–H groups in total. The summed E-state index contributed by atoms with van der Waals surface area (Å²) in [6, 6.07) is 6.11. The Kier molecular flexibility index (Phi) is 6.59. The Bertz CT molecular complexity index is 628.